The van der Waals surface area contributed by atoms with Crippen LogP contribution in [0.5, 0.6) is 5.75 Å². The molecular formula is C12H15BrN2O4. The van der Waals surface area contributed by atoms with E-state index in [1.54, 1.807) is 0 Å². The Labute approximate surface area is 119 Å². The van der Waals surface area contributed by atoms with Gasteiger partial charge in [-0.15, -0.1) is 0 Å². The van der Waals surface area contributed by atoms with Crippen molar-refractivity contribution in [3.8, 4) is 5.75 Å². The number of non-ortho nitro benzene ring substituents is 1. The van der Waals surface area contributed by atoms with Crippen LogP contribution in [0.15, 0.2) is 18.2 Å². The van der Waals surface area contributed by atoms with E-state index in [1.165, 1.54) is 25.3 Å². The molecule has 0 aliphatic carbocycles. The quantitative estimate of drug-likeness (QED) is 0.493. The van der Waals surface area contributed by atoms with E-state index in [-0.39, 0.29) is 28.9 Å². The maximum Gasteiger partial charge on any atom is 0.273 e. The number of methoxy groups -OCH3 is 1. The fraction of sp³-hybridized carbons (Fsp3) is 0.417. The number of amides is 1. The summed E-state index contributed by atoms with van der Waals surface area (Å²) in [4.78, 5) is 22.1. The lowest BCUT2D eigenvalue weighted by atomic mass is 10.1. The number of carbonyl (C=O) groups is 1. The van der Waals surface area contributed by atoms with Crippen molar-refractivity contribution in [3.63, 3.8) is 0 Å². The number of nitrogens with one attached hydrogen (secondary N) is 1. The first-order valence-electron chi connectivity index (χ1n) is 5.68. The van der Waals surface area contributed by atoms with Crippen molar-refractivity contribution in [2.45, 2.75) is 19.4 Å². The molecule has 1 N–H and O–H groups in total. The molecule has 1 aromatic rings. The molecule has 0 bridgehead atoms. The van der Waals surface area contributed by atoms with Gasteiger partial charge < -0.3 is 10.1 Å². The van der Waals surface area contributed by atoms with Crippen LogP contribution in [0.4, 0.5) is 5.69 Å². The van der Waals surface area contributed by atoms with Crippen LogP contribution < -0.4 is 10.1 Å². The summed E-state index contributed by atoms with van der Waals surface area (Å²) in [5.74, 6) is -0.113. The second-order valence-electron chi connectivity index (χ2n) is 3.99. The van der Waals surface area contributed by atoms with Gasteiger partial charge in [-0.25, -0.2) is 0 Å². The standard InChI is InChI=1S/C12H15BrN2O4/c1-8(5-6-13)14-12(16)10-4-3-9(15(17)18)7-11(10)19-2/h3-4,7-8H,5-6H2,1-2H3,(H,14,16). The second-order valence-corrected chi connectivity index (χ2v) is 4.79. The van der Waals surface area contributed by atoms with Crippen molar-refractivity contribution in [1.82, 2.24) is 5.32 Å². The average Bonchev–Trinajstić information content (AvgIpc) is 2.37. The minimum atomic E-state index is -0.530. The molecule has 19 heavy (non-hydrogen) atoms. The van der Waals surface area contributed by atoms with Crippen molar-refractivity contribution in [2.24, 2.45) is 0 Å². The molecule has 0 aliphatic rings. The molecule has 0 fully saturated rings. The average molecular weight is 331 g/mol. The number of hydrogen-bond acceptors (Lipinski definition) is 4. The second kappa shape index (κ2) is 7.08. The van der Waals surface area contributed by atoms with Crippen LogP contribution >= 0.6 is 15.9 Å². The number of nitro benzene ring substituents is 1. The smallest absolute Gasteiger partial charge is 0.273 e. The summed E-state index contributed by atoms with van der Waals surface area (Å²) >= 11 is 3.30. The lowest BCUT2D eigenvalue weighted by molar-refractivity contribution is -0.384. The van der Waals surface area contributed by atoms with Gasteiger partial charge in [0, 0.05) is 17.4 Å². The first kappa shape index (κ1) is 15.4. The highest BCUT2D eigenvalue weighted by molar-refractivity contribution is 9.09. The predicted molar refractivity (Wildman–Crippen MR) is 75.0 cm³/mol. The van der Waals surface area contributed by atoms with Crippen molar-refractivity contribution in [2.75, 3.05) is 12.4 Å². The molecule has 0 aliphatic heterocycles. The molecule has 0 spiro atoms. The Morgan fingerprint density at radius 1 is 1.58 bits per heavy atom. The Hall–Kier alpha value is -1.63. The maximum atomic E-state index is 12.0. The van der Waals surface area contributed by atoms with Crippen molar-refractivity contribution in [3.05, 3.63) is 33.9 Å². The van der Waals surface area contributed by atoms with Crippen LogP contribution in [0.1, 0.15) is 23.7 Å². The molecule has 0 saturated heterocycles. The number of rotatable bonds is 6. The van der Waals surface area contributed by atoms with Gasteiger partial charge in [0.15, 0.2) is 0 Å². The summed E-state index contributed by atoms with van der Waals surface area (Å²) in [7, 11) is 1.37. The monoisotopic (exact) mass is 330 g/mol. The van der Waals surface area contributed by atoms with E-state index < -0.39 is 4.92 Å². The number of ether oxygens (including phenoxy) is 1. The number of halogens is 1. The van der Waals surface area contributed by atoms with E-state index in [9.17, 15) is 14.9 Å². The van der Waals surface area contributed by atoms with E-state index in [4.69, 9.17) is 4.74 Å². The largest absolute Gasteiger partial charge is 0.496 e. The third-order valence-electron chi connectivity index (χ3n) is 2.56. The molecule has 0 radical (unpaired) electrons. The molecule has 7 heteroatoms. The molecular weight excluding hydrogens is 316 g/mol. The highest BCUT2D eigenvalue weighted by Crippen LogP contribution is 2.24. The molecule has 1 amide bonds. The molecule has 0 saturated carbocycles. The SMILES string of the molecule is COc1cc([N+](=O)[O-])ccc1C(=O)NC(C)CCBr. The Balaban J connectivity index is 2.93. The fourth-order valence-electron chi connectivity index (χ4n) is 1.52. The first-order chi connectivity index (χ1) is 8.99. The number of benzene rings is 1. The number of hydrogen-bond donors (Lipinski definition) is 1. The molecule has 6 nitrogen and oxygen atoms in total. The molecule has 1 aromatic carbocycles. The summed E-state index contributed by atoms with van der Waals surface area (Å²) in [6, 6.07) is 3.93. The topological polar surface area (TPSA) is 81.5 Å². The Morgan fingerprint density at radius 2 is 2.26 bits per heavy atom. The summed E-state index contributed by atoms with van der Waals surface area (Å²) in [5, 5.41) is 14.2. The first-order valence-corrected chi connectivity index (χ1v) is 6.81. The Kier molecular flexibility index (Phi) is 5.75. The van der Waals surface area contributed by atoms with Crippen LogP contribution in [-0.4, -0.2) is 29.3 Å². The number of carbonyl (C=O) groups excluding carboxylic acids is 1. The van der Waals surface area contributed by atoms with E-state index in [0.29, 0.717) is 0 Å². The number of alkyl halides is 1. The van der Waals surface area contributed by atoms with E-state index >= 15 is 0 Å². The van der Waals surface area contributed by atoms with Gasteiger partial charge in [-0.05, 0) is 19.4 Å². The highest BCUT2D eigenvalue weighted by atomic mass is 79.9. The van der Waals surface area contributed by atoms with Gasteiger partial charge >= 0.3 is 0 Å². The van der Waals surface area contributed by atoms with Crippen molar-refractivity contribution in [1.29, 1.82) is 0 Å². The number of nitro groups is 1. The van der Waals surface area contributed by atoms with Crippen LogP contribution in [0.2, 0.25) is 0 Å². The van der Waals surface area contributed by atoms with Crippen LogP contribution in [0.25, 0.3) is 0 Å². The molecule has 0 aromatic heterocycles. The Morgan fingerprint density at radius 3 is 2.79 bits per heavy atom. The predicted octanol–water partition coefficient (Wildman–Crippen LogP) is 2.51. The molecule has 1 atom stereocenters. The third kappa shape index (κ3) is 4.20. The van der Waals surface area contributed by atoms with Gasteiger partial charge in [0.1, 0.15) is 5.75 Å². The third-order valence-corrected chi connectivity index (χ3v) is 3.02. The zero-order valence-electron chi connectivity index (χ0n) is 10.7. The summed E-state index contributed by atoms with van der Waals surface area (Å²) in [6.07, 6.45) is 0.793. The molecule has 1 rings (SSSR count). The molecule has 104 valence electrons. The van der Waals surface area contributed by atoms with Crippen molar-refractivity contribution < 1.29 is 14.5 Å². The summed E-state index contributed by atoms with van der Waals surface area (Å²) < 4.78 is 5.02. The van der Waals surface area contributed by atoms with Gasteiger partial charge in [0.25, 0.3) is 11.6 Å². The minimum Gasteiger partial charge on any atom is -0.496 e. The normalized spacial score (nSPS) is 11.7. The highest BCUT2D eigenvalue weighted by Gasteiger charge is 2.17. The van der Waals surface area contributed by atoms with E-state index in [0.717, 1.165) is 11.8 Å². The van der Waals surface area contributed by atoms with Gasteiger partial charge in [-0.2, -0.15) is 0 Å². The number of nitrogens with zero attached hydrogens (tertiary/aromatic N) is 1. The Bertz CT molecular complexity index is 479. The molecule has 1 unspecified atom stereocenters. The zero-order valence-corrected chi connectivity index (χ0v) is 12.3. The van der Waals surface area contributed by atoms with Crippen LogP contribution in [0.3, 0.4) is 0 Å². The minimum absolute atomic E-state index is 0.00627. The van der Waals surface area contributed by atoms with Gasteiger partial charge in [-0.3, -0.25) is 14.9 Å². The molecule has 0 heterocycles. The van der Waals surface area contributed by atoms with Crippen LogP contribution in [0, 0.1) is 10.1 Å². The lowest BCUT2D eigenvalue weighted by Crippen LogP contribution is -2.33. The van der Waals surface area contributed by atoms with Gasteiger partial charge in [-0.1, -0.05) is 15.9 Å². The van der Waals surface area contributed by atoms with Crippen molar-refractivity contribution >= 4 is 27.5 Å². The van der Waals surface area contributed by atoms with E-state index in [1.807, 2.05) is 6.92 Å². The van der Waals surface area contributed by atoms with Gasteiger partial charge in [0.2, 0.25) is 0 Å². The van der Waals surface area contributed by atoms with Gasteiger partial charge in [0.05, 0.1) is 23.7 Å². The maximum absolute atomic E-state index is 12.0. The van der Waals surface area contributed by atoms with E-state index in [2.05, 4.69) is 21.2 Å². The summed E-state index contributed by atoms with van der Waals surface area (Å²) in [6.45, 7) is 1.89. The fourth-order valence-corrected chi connectivity index (χ4v) is 2.21. The van der Waals surface area contributed by atoms with Crippen LogP contribution in [-0.2, 0) is 0 Å². The summed E-state index contributed by atoms with van der Waals surface area (Å²) in [5.41, 5.74) is 0.177. The lowest BCUT2D eigenvalue weighted by Gasteiger charge is -2.14. The zero-order chi connectivity index (χ0) is 14.4.